The van der Waals surface area contributed by atoms with Gasteiger partial charge in [0.25, 0.3) is 0 Å². The molecule has 1 rings (SSSR count). The summed E-state index contributed by atoms with van der Waals surface area (Å²) < 4.78 is 5.58. The van der Waals surface area contributed by atoms with E-state index in [4.69, 9.17) is 16.3 Å². The van der Waals surface area contributed by atoms with Crippen molar-refractivity contribution in [1.29, 1.82) is 0 Å². The summed E-state index contributed by atoms with van der Waals surface area (Å²) in [6, 6.07) is 7.43. The second-order valence-corrected chi connectivity index (χ2v) is 4.02. The lowest BCUT2D eigenvalue weighted by Crippen LogP contribution is -1.90. The fourth-order valence-electron chi connectivity index (χ4n) is 0.982. The van der Waals surface area contributed by atoms with Gasteiger partial charge in [-0.2, -0.15) is 0 Å². The van der Waals surface area contributed by atoms with Crippen molar-refractivity contribution < 1.29 is 4.74 Å². The Morgan fingerprint density at radius 2 is 1.53 bits per heavy atom. The van der Waals surface area contributed by atoms with Crippen LogP contribution in [-0.2, 0) is 4.74 Å². The molecule has 0 unspecified atom stereocenters. The summed E-state index contributed by atoms with van der Waals surface area (Å²) >= 11 is 5.79. The molecule has 0 amide bonds. The van der Waals surface area contributed by atoms with Crippen molar-refractivity contribution in [3.8, 4) is 0 Å². The zero-order valence-electron chi connectivity index (χ0n) is 11.3. The number of halogens is 1. The van der Waals surface area contributed by atoms with Gasteiger partial charge in [0.2, 0.25) is 0 Å². The summed E-state index contributed by atoms with van der Waals surface area (Å²) in [6.07, 6.45) is 0. The van der Waals surface area contributed by atoms with Crippen LogP contribution in [0.3, 0.4) is 0 Å². The third-order valence-corrected chi connectivity index (χ3v) is 2.40. The molecule has 0 saturated heterocycles. The van der Waals surface area contributed by atoms with Crippen molar-refractivity contribution in [2.75, 3.05) is 0 Å². The van der Waals surface area contributed by atoms with Crippen LogP contribution in [0.15, 0.2) is 42.2 Å². The molecular weight excluding hydrogens is 232 g/mol. The third-order valence-electron chi connectivity index (χ3n) is 2.15. The molecule has 0 bridgehead atoms. The lowest BCUT2D eigenvalue weighted by Gasteiger charge is -2.10. The van der Waals surface area contributed by atoms with Crippen molar-refractivity contribution in [2.24, 2.45) is 0 Å². The minimum absolute atomic E-state index is 0.644. The Labute approximate surface area is 110 Å². The standard InChI is InChI=1S/C13H15ClO.C2H6/c1-9(2)10(3)15-11(4)12-5-7-13(14)8-6-12;1-2/h5-8H,4H2,1-3H3;1-2H3. The highest BCUT2D eigenvalue weighted by molar-refractivity contribution is 6.30. The predicted molar refractivity (Wildman–Crippen MR) is 77.0 cm³/mol. The molecular formula is C15H21ClO. The molecule has 0 N–H and O–H groups in total. The Morgan fingerprint density at radius 1 is 1.06 bits per heavy atom. The quantitative estimate of drug-likeness (QED) is 0.630. The fraction of sp³-hybridized carbons (Fsp3) is 0.333. The molecule has 0 spiro atoms. The number of allylic oxidation sites excluding steroid dienone is 2. The zero-order chi connectivity index (χ0) is 13.4. The summed E-state index contributed by atoms with van der Waals surface area (Å²) in [5.41, 5.74) is 2.09. The molecule has 0 fully saturated rings. The molecule has 0 atom stereocenters. The molecule has 0 aliphatic rings. The lowest BCUT2D eigenvalue weighted by molar-refractivity contribution is 0.380. The van der Waals surface area contributed by atoms with Gasteiger partial charge in [-0.05, 0) is 50.6 Å². The fourth-order valence-corrected chi connectivity index (χ4v) is 1.11. The van der Waals surface area contributed by atoms with Gasteiger partial charge in [0.15, 0.2) is 0 Å². The van der Waals surface area contributed by atoms with Crippen LogP contribution in [0.2, 0.25) is 5.02 Å². The first-order valence-electron chi connectivity index (χ1n) is 5.77. The smallest absolute Gasteiger partial charge is 0.126 e. The molecule has 0 heterocycles. The van der Waals surface area contributed by atoms with Crippen LogP contribution in [0.25, 0.3) is 5.76 Å². The summed E-state index contributed by atoms with van der Waals surface area (Å²) in [5, 5.41) is 0.713. The van der Waals surface area contributed by atoms with E-state index < -0.39 is 0 Å². The number of ether oxygens (including phenoxy) is 1. The van der Waals surface area contributed by atoms with E-state index in [0.717, 1.165) is 16.9 Å². The van der Waals surface area contributed by atoms with Crippen LogP contribution >= 0.6 is 11.6 Å². The van der Waals surface area contributed by atoms with Gasteiger partial charge in [0, 0.05) is 10.6 Å². The van der Waals surface area contributed by atoms with Crippen LogP contribution in [0.4, 0.5) is 0 Å². The van der Waals surface area contributed by atoms with Crippen LogP contribution < -0.4 is 0 Å². The normalized spacial score (nSPS) is 8.82. The molecule has 0 radical (unpaired) electrons. The highest BCUT2D eigenvalue weighted by atomic mass is 35.5. The van der Waals surface area contributed by atoms with Crippen molar-refractivity contribution in [2.45, 2.75) is 34.6 Å². The Morgan fingerprint density at radius 3 is 1.94 bits per heavy atom. The average Bonchev–Trinajstić information content (AvgIpc) is 2.32. The summed E-state index contributed by atoms with van der Waals surface area (Å²) in [4.78, 5) is 0. The predicted octanol–water partition coefficient (Wildman–Crippen LogP) is 5.67. The second kappa shape index (κ2) is 7.97. The minimum Gasteiger partial charge on any atom is -0.462 e. The van der Waals surface area contributed by atoms with E-state index in [9.17, 15) is 0 Å². The number of hydrogen-bond acceptors (Lipinski definition) is 1. The molecule has 0 aliphatic carbocycles. The largest absolute Gasteiger partial charge is 0.462 e. The maximum atomic E-state index is 5.79. The maximum absolute atomic E-state index is 5.79. The van der Waals surface area contributed by atoms with Gasteiger partial charge >= 0.3 is 0 Å². The van der Waals surface area contributed by atoms with E-state index in [2.05, 4.69) is 6.58 Å². The Bertz CT molecular complexity index is 384. The van der Waals surface area contributed by atoms with Crippen LogP contribution in [-0.4, -0.2) is 0 Å². The van der Waals surface area contributed by atoms with Crippen LogP contribution in [0.1, 0.15) is 40.2 Å². The minimum atomic E-state index is 0.644. The van der Waals surface area contributed by atoms with E-state index >= 15 is 0 Å². The Balaban J connectivity index is 0.00000121. The van der Waals surface area contributed by atoms with E-state index in [-0.39, 0.29) is 0 Å². The van der Waals surface area contributed by atoms with Gasteiger partial charge in [-0.15, -0.1) is 0 Å². The number of hydrogen-bond donors (Lipinski definition) is 0. The maximum Gasteiger partial charge on any atom is 0.126 e. The highest BCUT2D eigenvalue weighted by Crippen LogP contribution is 2.20. The van der Waals surface area contributed by atoms with Gasteiger partial charge in [-0.3, -0.25) is 0 Å². The van der Waals surface area contributed by atoms with Crippen LogP contribution in [0.5, 0.6) is 0 Å². The first-order chi connectivity index (χ1) is 8.00. The number of rotatable bonds is 3. The third kappa shape index (κ3) is 5.60. The zero-order valence-corrected chi connectivity index (χ0v) is 12.1. The van der Waals surface area contributed by atoms with E-state index in [1.807, 2.05) is 58.9 Å². The SMILES string of the molecule is C=C(OC(C)=C(C)C)c1ccc(Cl)cc1.CC. The van der Waals surface area contributed by atoms with Gasteiger partial charge in [0.05, 0.1) is 5.76 Å². The molecule has 0 saturated carbocycles. The topological polar surface area (TPSA) is 9.23 Å². The molecule has 17 heavy (non-hydrogen) atoms. The second-order valence-electron chi connectivity index (χ2n) is 3.59. The van der Waals surface area contributed by atoms with Gasteiger partial charge in [-0.25, -0.2) is 0 Å². The van der Waals surface area contributed by atoms with Crippen molar-refractivity contribution in [3.63, 3.8) is 0 Å². The first kappa shape index (κ1) is 15.8. The average molecular weight is 253 g/mol. The number of benzene rings is 1. The summed E-state index contributed by atoms with van der Waals surface area (Å²) in [7, 11) is 0. The van der Waals surface area contributed by atoms with Crippen molar-refractivity contribution in [3.05, 3.63) is 52.8 Å². The van der Waals surface area contributed by atoms with Gasteiger partial charge < -0.3 is 4.74 Å². The first-order valence-corrected chi connectivity index (χ1v) is 6.15. The van der Waals surface area contributed by atoms with E-state index in [1.165, 1.54) is 0 Å². The summed E-state index contributed by atoms with van der Waals surface area (Å²) in [6.45, 7) is 13.8. The highest BCUT2D eigenvalue weighted by Gasteiger charge is 2.01. The molecule has 2 heteroatoms. The van der Waals surface area contributed by atoms with Crippen molar-refractivity contribution in [1.82, 2.24) is 0 Å². The van der Waals surface area contributed by atoms with E-state index in [0.29, 0.717) is 10.8 Å². The summed E-state index contributed by atoms with van der Waals surface area (Å²) in [5.74, 6) is 1.53. The van der Waals surface area contributed by atoms with E-state index in [1.54, 1.807) is 0 Å². The molecule has 1 nitrogen and oxygen atoms in total. The van der Waals surface area contributed by atoms with Crippen molar-refractivity contribution >= 4 is 17.4 Å². The molecule has 1 aromatic carbocycles. The lowest BCUT2D eigenvalue weighted by atomic mass is 10.2. The molecule has 1 aromatic rings. The van der Waals surface area contributed by atoms with Crippen LogP contribution in [0, 0.1) is 0 Å². The Kier molecular flexibility index (Phi) is 7.40. The molecule has 0 aliphatic heterocycles. The molecule has 94 valence electrons. The van der Waals surface area contributed by atoms with Gasteiger partial charge in [0.1, 0.15) is 5.76 Å². The monoisotopic (exact) mass is 252 g/mol. The molecule has 0 aromatic heterocycles. The van der Waals surface area contributed by atoms with Gasteiger partial charge in [-0.1, -0.05) is 32.0 Å². The Hall–Kier alpha value is -1.21.